The van der Waals surface area contributed by atoms with Crippen molar-refractivity contribution in [2.45, 2.75) is 0 Å². The third-order valence-electron chi connectivity index (χ3n) is 3.91. The van der Waals surface area contributed by atoms with Crippen LogP contribution in [0.1, 0.15) is 21.7 Å². The van der Waals surface area contributed by atoms with E-state index in [0.29, 0.717) is 39.7 Å². The van der Waals surface area contributed by atoms with Crippen LogP contribution in [0.4, 0.5) is 0 Å². The number of aromatic amines is 1. The average molecular weight is 448 g/mol. The van der Waals surface area contributed by atoms with E-state index in [1.807, 2.05) is 0 Å². The van der Waals surface area contributed by atoms with Crippen LogP contribution in [0, 0.1) is 0 Å². The summed E-state index contributed by atoms with van der Waals surface area (Å²) in [5.41, 5.74) is 1.70. The molecule has 0 atom stereocenters. The predicted molar refractivity (Wildman–Crippen MR) is 103 cm³/mol. The first-order valence-corrected chi connectivity index (χ1v) is 9.94. The van der Waals surface area contributed by atoms with E-state index in [0.717, 1.165) is 0 Å². The summed E-state index contributed by atoms with van der Waals surface area (Å²) in [6.07, 6.45) is 3.49. The Labute approximate surface area is 176 Å². The van der Waals surface area contributed by atoms with Crippen LogP contribution < -0.4 is 34.0 Å². The molecule has 1 aromatic heterocycles. The topological polar surface area (TPSA) is 183 Å². The zero-order valence-electron chi connectivity index (χ0n) is 16.6. The minimum atomic E-state index is -5.39. The van der Waals surface area contributed by atoms with Crippen molar-refractivity contribution in [1.29, 1.82) is 0 Å². The number of imidazole rings is 1. The molecule has 0 saturated carbocycles. The van der Waals surface area contributed by atoms with Gasteiger partial charge in [-0.05, 0) is 18.2 Å². The summed E-state index contributed by atoms with van der Waals surface area (Å²) < 4.78 is 24.6. The Hall–Kier alpha value is -3.37. The summed E-state index contributed by atoms with van der Waals surface area (Å²) in [6.45, 7) is 0. The van der Waals surface area contributed by atoms with Gasteiger partial charge in [0, 0.05) is 17.7 Å². The molecule has 0 aliphatic carbocycles. The highest BCUT2D eigenvalue weighted by atomic mass is 31.2. The van der Waals surface area contributed by atoms with Gasteiger partial charge in [0.25, 0.3) is 0 Å². The predicted octanol–water partition coefficient (Wildman–Crippen LogP) is -0.702. The third-order valence-corrected chi connectivity index (χ3v) is 3.91. The van der Waals surface area contributed by atoms with Crippen molar-refractivity contribution in [3.05, 3.63) is 47.3 Å². The molecule has 0 unspecified atom stereocenters. The Morgan fingerprint density at radius 2 is 1.61 bits per heavy atom. The minimum absolute atomic E-state index is 0.0398. The van der Waals surface area contributed by atoms with Crippen molar-refractivity contribution in [3.8, 4) is 17.2 Å². The number of aromatic carboxylic acids is 1. The van der Waals surface area contributed by atoms with Crippen LogP contribution in [0.5, 0.6) is 17.2 Å². The number of benzene rings is 2. The maximum Gasteiger partial charge on any atom is 0.133 e. The van der Waals surface area contributed by atoms with Crippen molar-refractivity contribution < 1.29 is 43.4 Å². The van der Waals surface area contributed by atoms with Gasteiger partial charge >= 0.3 is 0 Å². The van der Waals surface area contributed by atoms with Gasteiger partial charge in [-0.25, -0.2) is 4.98 Å². The maximum atomic E-state index is 11.2. The number of phosphoric acid groups is 1. The molecule has 0 fully saturated rings. The number of nitrogens with one attached hydrogen (secondary N) is 1. The number of para-hydroxylation sites is 1. The van der Waals surface area contributed by atoms with Gasteiger partial charge < -0.3 is 48.3 Å². The summed E-state index contributed by atoms with van der Waals surface area (Å²) in [5, 5.41) is 11.2. The number of carboxylic acid groups (broad SMARTS) is 1. The van der Waals surface area contributed by atoms with E-state index in [4.69, 9.17) is 33.5 Å². The van der Waals surface area contributed by atoms with E-state index in [1.165, 1.54) is 6.07 Å². The minimum Gasteiger partial charge on any atom is -0.822 e. The molecule has 0 aliphatic heterocycles. The van der Waals surface area contributed by atoms with Gasteiger partial charge in [-0.15, -0.1) is 0 Å². The number of rotatable bonds is 6. The number of H-pyrrole nitrogens is 1. The van der Waals surface area contributed by atoms with Crippen LogP contribution >= 0.6 is 7.82 Å². The standard InChI is InChI=1S/C19H18N2O5.H3O4P/c1-24-11-9-15(25-2)12(16(10-11)26-3)7-8-17-20-14-6-4-5-13(19(22)23)18(14)21-17;1-5(2,3)4/h4-10H,1-3H3,(H,20,21)(H,22,23);(H3,1,2,3,4)/p-4/b8-7+;. The van der Waals surface area contributed by atoms with Crippen molar-refractivity contribution in [1.82, 2.24) is 9.97 Å². The lowest BCUT2D eigenvalue weighted by atomic mass is 10.1. The van der Waals surface area contributed by atoms with Crippen LogP contribution in [0.3, 0.4) is 0 Å². The first-order chi connectivity index (χ1) is 14.6. The highest BCUT2D eigenvalue weighted by Gasteiger charge is 2.11. The number of nitrogens with zero attached hydrogens (tertiary/aromatic N) is 1. The molecule has 11 nitrogen and oxygen atoms in total. The van der Waals surface area contributed by atoms with Crippen LogP contribution in [0.25, 0.3) is 23.2 Å². The van der Waals surface area contributed by atoms with E-state index in [2.05, 4.69) is 9.97 Å². The van der Waals surface area contributed by atoms with Gasteiger partial charge in [-0.3, -0.25) is 0 Å². The number of hydrogen-bond donors (Lipinski definition) is 1. The molecule has 0 amide bonds. The van der Waals surface area contributed by atoms with Crippen molar-refractivity contribution >= 4 is 37.0 Å². The highest BCUT2D eigenvalue weighted by Crippen LogP contribution is 2.35. The quantitative estimate of drug-likeness (QED) is 0.473. The maximum absolute atomic E-state index is 11.2. The molecule has 3 aromatic rings. The lowest BCUT2D eigenvalue weighted by Gasteiger charge is -2.36. The van der Waals surface area contributed by atoms with Crippen molar-refractivity contribution in [2.24, 2.45) is 0 Å². The number of ether oxygens (including phenoxy) is 3. The molecule has 31 heavy (non-hydrogen) atoms. The molecule has 2 aromatic carbocycles. The summed E-state index contributed by atoms with van der Waals surface area (Å²) >= 11 is 0. The van der Waals surface area contributed by atoms with Gasteiger partial charge in [0.05, 0.1) is 43.9 Å². The van der Waals surface area contributed by atoms with Gasteiger partial charge in [0.15, 0.2) is 0 Å². The lowest BCUT2D eigenvalue weighted by Crippen LogP contribution is -2.24. The van der Waals surface area contributed by atoms with E-state index >= 15 is 0 Å². The molecular weight excluding hydrogens is 431 g/mol. The van der Waals surface area contributed by atoms with Crippen molar-refractivity contribution in [3.63, 3.8) is 0 Å². The Morgan fingerprint density at radius 3 is 2.10 bits per heavy atom. The normalized spacial score (nSPS) is 11.2. The fourth-order valence-electron chi connectivity index (χ4n) is 2.65. The summed E-state index contributed by atoms with van der Waals surface area (Å²) in [7, 11) is -0.717. The fraction of sp³-hybridized carbons (Fsp3) is 0.158. The molecule has 0 bridgehead atoms. The number of fused-ring (bicyclic) bond motifs is 1. The second kappa shape index (κ2) is 10.1. The van der Waals surface area contributed by atoms with Crippen LogP contribution in [0.2, 0.25) is 0 Å². The Bertz CT molecular complexity index is 1120. The molecule has 3 rings (SSSR count). The van der Waals surface area contributed by atoms with E-state index < -0.39 is 13.8 Å². The largest absolute Gasteiger partial charge is 0.822 e. The molecule has 1 N–H and O–H groups in total. The van der Waals surface area contributed by atoms with E-state index in [-0.39, 0.29) is 5.56 Å². The van der Waals surface area contributed by atoms with E-state index in [1.54, 1.807) is 57.7 Å². The third kappa shape index (κ3) is 6.56. The monoisotopic (exact) mass is 448 g/mol. The van der Waals surface area contributed by atoms with Crippen LogP contribution in [-0.2, 0) is 4.57 Å². The summed E-state index contributed by atoms with van der Waals surface area (Å²) in [6, 6.07) is 8.33. The van der Waals surface area contributed by atoms with Gasteiger partial charge in [0.2, 0.25) is 0 Å². The number of carboxylic acids is 1. The van der Waals surface area contributed by atoms with Gasteiger partial charge in [0.1, 0.15) is 23.1 Å². The molecule has 12 heteroatoms. The summed E-state index contributed by atoms with van der Waals surface area (Å²) in [4.78, 5) is 44.2. The summed E-state index contributed by atoms with van der Waals surface area (Å²) in [5.74, 6) is 0.982. The van der Waals surface area contributed by atoms with E-state index in [9.17, 15) is 9.90 Å². The second-order valence-electron chi connectivity index (χ2n) is 5.84. The first-order valence-electron chi connectivity index (χ1n) is 8.48. The first kappa shape index (κ1) is 23.9. The van der Waals surface area contributed by atoms with Gasteiger partial charge in [-0.1, -0.05) is 12.1 Å². The highest BCUT2D eigenvalue weighted by molar-refractivity contribution is 7.40. The molecule has 166 valence electrons. The Balaban J connectivity index is 0.000000614. The Kier molecular flexibility index (Phi) is 7.78. The van der Waals surface area contributed by atoms with Crippen molar-refractivity contribution in [2.75, 3.05) is 21.3 Å². The average Bonchev–Trinajstić information content (AvgIpc) is 3.13. The molecule has 0 radical (unpaired) electrons. The zero-order chi connectivity index (χ0) is 23.2. The fourth-order valence-corrected chi connectivity index (χ4v) is 2.65. The number of carbonyl (C=O) groups is 1. The zero-order valence-corrected chi connectivity index (χ0v) is 17.5. The number of aromatic nitrogens is 2. The SMILES string of the molecule is COc1cc(OC)c(/C=C/c2nc3c(C(=O)[O-])cccc3[nH]2)c(OC)c1.O=P([O-])([O-])[O-]. The lowest BCUT2D eigenvalue weighted by molar-refractivity contribution is -0.432. The van der Waals surface area contributed by atoms with Crippen LogP contribution in [-0.4, -0.2) is 37.3 Å². The Morgan fingerprint density at radius 1 is 1.03 bits per heavy atom. The molecule has 1 heterocycles. The number of carbonyl (C=O) groups excluding carboxylic acids is 1. The smallest absolute Gasteiger partial charge is 0.133 e. The van der Waals surface area contributed by atoms with Crippen LogP contribution in [0.15, 0.2) is 30.3 Å². The molecule has 0 spiro atoms. The molecule has 0 aliphatic rings. The molecular formula is C19H17N2O9P-4. The van der Waals surface area contributed by atoms with Gasteiger partial charge in [-0.2, -0.15) is 7.82 Å². The number of methoxy groups -OCH3 is 3. The second-order valence-corrected chi connectivity index (χ2v) is 6.73. The molecule has 0 saturated heterocycles. The number of hydrogen-bond acceptors (Lipinski definition) is 10.